The summed E-state index contributed by atoms with van der Waals surface area (Å²) >= 11 is 1.85. The Labute approximate surface area is 124 Å². The summed E-state index contributed by atoms with van der Waals surface area (Å²) in [5.74, 6) is 0.164. The van der Waals surface area contributed by atoms with Crippen LogP contribution >= 0.6 is 11.8 Å². The fourth-order valence-electron chi connectivity index (χ4n) is 2.07. The van der Waals surface area contributed by atoms with Crippen molar-refractivity contribution in [2.45, 2.75) is 31.7 Å². The zero-order chi connectivity index (χ0) is 14.8. The van der Waals surface area contributed by atoms with Gasteiger partial charge in [0, 0.05) is 13.1 Å². The Kier molecular flexibility index (Phi) is 8.45. The van der Waals surface area contributed by atoms with Gasteiger partial charge in [-0.25, -0.2) is 9.59 Å². The normalized spacial score (nSPS) is 18.9. The number of aliphatic carboxylic acids is 1. The third kappa shape index (κ3) is 6.00. The number of ether oxygens (including phenoxy) is 1. The van der Waals surface area contributed by atoms with Crippen LogP contribution < -0.4 is 5.32 Å². The first kappa shape index (κ1) is 17.1. The van der Waals surface area contributed by atoms with Crippen molar-refractivity contribution in [3.8, 4) is 0 Å². The molecule has 1 unspecified atom stereocenters. The maximum absolute atomic E-state index is 11.9. The number of carbonyl (C=O) groups excluding carboxylic acids is 1. The number of rotatable bonds is 8. The van der Waals surface area contributed by atoms with Gasteiger partial charge in [0.15, 0.2) is 6.04 Å². The first-order valence-corrected chi connectivity index (χ1v) is 8.40. The second-order valence-electron chi connectivity index (χ2n) is 4.76. The molecule has 1 heterocycles. The van der Waals surface area contributed by atoms with Gasteiger partial charge in [0.2, 0.25) is 0 Å². The van der Waals surface area contributed by atoms with E-state index in [2.05, 4.69) is 11.6 Å². The lowest BCUT2D eigenvalue weighted by Crippen LogP contribution is -2.55. The van der Waals surface area contributed by atoms with Crippen molar-refractivity contribution in [3.05, 3.63) is 0 Å². The number of nitrogens with one attached hydrogen (secondary N) is 1. The first-order chi connectivity index (χ1) is 9.66. The maximum atomic E-state index is 11.9. The van der Waals surface area contributed by atoms with Crippen molar-refractivity contribution < 1.29 is 19.4 Å². The van der Waals surface area contributed by atoms with Crippen LogP contribution in [0.25, 0.3) is 0 Å². The van der Waals surface area contributed by atoms with E-state index >= 15 is 0 Å². The molecular formula is C13H24N2O4S. The number of amides is 2. The monoisotopic (exact) mass is 304 g/mol. The molecule has 1 rings (SSSR count). The number of thioether (sulfide) groups is 1. The minimum Gasteiger partial charge on any atom is -0.480 e. The lowest BCUT2D eigenvalue weighted by atomic mass is 10.2. The Morgan fingerprint density at radius 1 is 1.35 bits per heavy atom. The van der Waals surface area contributed by atoms with Gasteiger partial charge in [-0.05, 0) is 24.9 Å². The molecule has 1 fully saturated rings. The van der Waals surface area contributed by atoms with Gasteiger partial charge in [0.1, 0.15) is 0 Å². The van der Waals surface area contributed by atoms with Gasteiger partial charge in [-0.15, -0.1) is 0 Å². The molecule has 1 saturated heterocycles. The SMILES string of the molecule is CSCCCCCCNC(=O)N1CCOCC1C(=O)O. The van der Waals surface area contributed by atoms with Crippen LogP contribution in [0.15, 0.2) is 0 Å². The Morgan fingerprint density at radius 3 is 2.80 bits per heavy atom. The summed E-state index contributed by atoms with van der Waals surface area (Å²) in [5, 5.41) is 11.8. The quantitative estimate of drug-likeness (QED) is 0.663. The second kappa shape index (κ2) is 9.88. The molecule has 0 aromatic carbocycles. The number of morpholine rings is 1. The highest BCUT2D eigenvalue weighted by Crippen LogP contribution is 2.08. The van der Waals surface area contributed by atoms with Crippen LogP contribution in [0.2, 0.25) is 0 Å². The van der Waals surface area contributed by atoms with Crippen LogP contribution in [-0.4, -0.2) is 66.4 Å². The van der Waals surface area contributed by atoms with E-state index in [4.69, 9.17) is 9.84 Å². The fourth-order valence-corrected chi connectivity index (χ4v) is 2.57. The van der Waals surface area contributed by atoms with Crippen LogP contribution in [-0.2, 0) is 9.53 Å². The van der Waals surface area contributed by atoms with E-state index in [-0.39, 0.29) is 12.6 Å². The summed E-state index contributed by atoms with van der Waals surface area (Å²) in [5.41, 5.74) is 0. The van der Waals surface area contributed by atoms with Crippen molar-refractivity contribution in [2.75, 3.05) is 38.3 Å². The molecule has 1 aliphatic heterocycles. The molecule has 2 amide bonds. The molecule has 6 nitrogen and oxygen atoms in total. The molecule has 0 radical (unpaired) electrons. The Morgan fingerprint density at radius 2 is 2.10 bits per heavy atom. The zero-order valence-electron chi connectivity index (χ0n) is 12.0. The highest BCUT2D eigenvalue weighted by Gasteiger charge is 2.32. The van der Waals surface area contributed by atoms with E-state index in [1.165, 1.54) is 23.5 Å². The van der Waals surface area contributed by atoms with Crippen molar-refractivity contribution >= 4 is 23.8 Å². The largest absolute Gasteiger partial charge is 0.480 e. The number of nitrogens with zero attached hydrogens (tertiary/aromatic N) is 1. The molecule has 0 saturated carbocycles. The number of urea groups is 1. The van der Waals surface area contributed by atoms with E-state index in [0.29, 0.717) is 19.7 Å². The molecule has 0 aromatic heterocycles. The van der Waals surface area contributed by atoms with Crippen LogP contribution in [0.5, 0.6) is 0 Å². The average molecular weight is 304 g/mol. The van der Waals surface area contributed by atoms with Gasteiger partial charge in [0.05, 0.1) is 13.2 Å². The molecule has 0 aromatic rings. The van der Waals surface area contributed by atoms with Crippen LogP contribution in [0, 0.1) is 0 Å². The Hall–Kier alpha value is -0.950. The summed E-state index contributed by atoms with van der Waals surface area (Å²) < 4.78 is 5.10. The summed E-state index contributed by atoms with van der Waals surface area (Å²) in [7, 11) is 0. The number of unbranched alkanes of at least 4 members (excludes halogenated alkanes) is 3. The van der Waals surface area contributed by atoms with Crippen molar-refractivity contribution in [2.24, 2.45) is 0 Å². The number of carbonyl (C=O) groups is 2. The second-order valence-corrected chi connectivity index (χ2v) is 5.75. The van der Waals surface area contributed by atoms with Gasteiger partial charge < -0.3 is 20.1 Å². The lowest BCUT2D eigenvalue weighted by Gasteiger charge is -2.32. The van der Waals surface area contributed by atoms with Gasteiger partial charge >= 0.3 is 12.0 Å². The summed E-state index contributed by atoms with van der Waals surface area (Å²) in [6, 6.07) is -1.17. The first-order valence-electron chi connectivity index (χ1n) is 7.00. The molecular weight excluding hydrogens is 280 g/mol. The molecule has 0 aliphatic carbocycles. The van der Waals surface area contributed by atoms with E-state index < -0.39 is 12.0 Å². The number of carboxylic acids is 1. The minimum absolute atomic E-state index is 0.0669. The van der Waals surface area contributed by atoms with Crippen molar-refractivity contribution in [1.82, 2.24) is 10.2 Å². The van der Waals surface area contributed by atoms with E-state index in [1.54, 1.807) is 0 Å². The minimum atomic E-state index is -1.02. The van der Waals surface area contributed by atoms with Gasteiger partial charge in [-0.1, -0.05) is 12.8 Å². The lowest BCUT2D eigenvalue weighted by molar-refractivity contribution is -0.147. The molecule has 2 N–H and O–H groups in total. The van der Waals surface area contributed by atoms with E-state index in [9.17, 15) is 9.59 Å². The molecule has 1 atom stereocenters. The topological polar surface area (TPSA) is 78.9 Å². The number of hydrogen-bond donors (Lipinski definition) is 2. The number of hydrogen-bond acceptors (Lipinski definition) is 4. The predicted molar refractivity (Wildman–Crippen MR) is 79.2 cm³/mol. The highest BCUT2D eigenvalue weighted by molar-refractivity contribution is 7.98. The molecule has 116 valence electrons. The average Bonchev–Trinajstić information content (AvgIpc) is 2.46. The summed E-state index contributed by atoms with van der Waals surface area (Å²) in [4.78, 5) is 24.3. The maximum Gasteiger partial charge on any atom is 0.328 e. The van der Waals surface area contributed by atoms with Gasteiger partial charge in [-0.3, -0.25) is 0 Å². The number of carboxylic acid groups (broad SMARTS) is 1. The third-order valence-corrected chi connectivity index (χ3v) is 3.92. The van der Waals surface area contributed by atoms with Crippen molar-refractivity contribution in [1.29, 1.82) is 0 Å². The van der Waals surface area contributed by atoms with Crippen molar-refractivity contribution in [3.63, 3.8) is 0 Å². The molecule has 1 aliphatic rings. The highest BCUT2D eigenvalue weighted by atomic mass is 32.2. The standard InChI is InChI=1S/C13H24N2O4S/c1-20-9-5-3-2-4-6-14-13(18)15-7-8-19-10-11(15)12(16)17/h11H,2-10H2,1H3,(H,14,18)(H,16,17). The third-order valence-electron chi connectivity index (χ3n) is 3.23. The van der Waals surface area contributed by atoms with Gasteiger partial charge in [0.25, 0.3) is 0 Å². The molecule has 0 bridgehead atoms. The van der Waals surface area contributed by atoms with Crippen LogP contribution in [0.4, 0.5) is 4.79 Å². The molecule has 7 heteroatoms. The van der Waals surface area contributed by atoms with Crippen LogP contribution in [0.3, 0.4) is 0 Å². The fraction of sp³-hybridized carbons (Fsp3) is 0.846. The smallest absolute Gasteiger partial charge is 0.328 e. The predicted octanol–water partition coefficient (Wildman–Crippen LogP) is 1.40. The molecule has 0 spiro atoms. The van der Waals surface area contributed by atoms with E-state index in [0.717, 1.165) is 12.8 Å². The Balaban J connectivity index is 2.19. The molecule has 20 heavy (non-hydrogen) atoms. The van der Waals surface area contributed by atoms with Crippen LogP contribution in [0.1, 0.15) is 25.7 Å². The summed E-state index contributed by atoms with van der Waals surface area (Å²) in [6.07, 6.45) is 6.50. The zero-order valence-corrected chi connectivity index (χ0v) is 12.8. The Bertz CT molecular complexity index is 315. The summed E-state index contributed by atoms with van der Waals surface area (Å²) in [6.45, 7) is 1.39. The van der Waals surface area contributed by atoms with Gasteiger partial charge in [-0.2, -0.15) is 11.8 Å². The van der Waals surface area contributed by atoms with E-state index in [1.807, 2.05) is 11.8 Å².